The van der Waals surface area contributed by atoms with Crippen LogP contribution < -0.4 is 0 Å². The molecule has 0 amide bonds. The van der Waals surface area contributed by atoms with Gasteiger partial charge in [0.25, 0.3) is 0 Å². The number of carbonyl (C=O) groups excluding carboxylic acids is 1. The highest BCUT2D eigenvalue weighted by Crippen LogP contribution is 2.75. The van der Waals surface area contributed by atoms with Gasteiger partial charge in [0.15, 0.2) is 0 Å². The van der Waals surface area contributed by atoms with Gasteiger partial charge in [-0.05, 0) is 115 Å². The lowest BCUT2D eigenvalue weighted by atomic mass is 9.33. The summed E-state index contributed by atoms with van der Waals surface area (Å²) in [4.78, 5) is 18.3. The van der Waals surface area contributed by atoms with Crippen molar-refractivity contribution in [2.24, 2.45) is 50.2 Å². The summed E-state index contributed by atoms with van der Waals surface area (Å²) in [5.74, 6) is 1.44. The number of aliphatic hydroxyl groups is 1. The summed E-state index contributed by atoms with van der Waals surface area (Å²) < 4.78 is 6.13. The van der Waals surface area contributed by atoms with Gasteiger partial charge in [0, 0.05) is 18.0 Å². The molecule has 0 radical (unpaired) electrons. The van der Waals surface area contributed by atoms with Gasteiger partial charge in [-0.1, -0.05) is 66.2 Å². The average molecular weight is 548 g/mol. The zero-order valence-electron chi connectivity index (χ0n) is 26.2. The predicted molar refractivity (Wildman–Crippen MR) is 159 cm³/mol. The lowest BCUT2D eigenvalue weighted by Gasteiger charge is -2.71. The van der Waals surface area contributed by atoms with Gasteiger partial charge in [0.05, 0.1) is 11.5 Å². The van der Waals surface area contributed by atoms with Crippen molar-refractivity contribution in [2.75, 3.05) is 0 Å². The van der Waals surface area contributed by atoms with E-state index in [-0.39, 0.29) is 45.1 Å². The van der Waals surface area contributed by atoms with Crippen molar-refractivity contribution in [3.63, 3.8) is 0 Å². The Balaban J connectivity index is 1.36. The highest BCUT2D eigenvalue weighted by Gasteiger charge is 2.69. The van der Waals surface area contributed by atoms with Crippen LogP contribution in [0.1, 0.15) is 118 Å². The van der Waals surface area contributed by atoms with E-state index < -0.39 is 5.41 Å². The molecule has 0 bridgehead atoms. The van der Waals surface area contributed by atoms with Crippen LogP contribution in [0, 0.1) is 50.2 Å². The first-order chi connectivity index (χ1) is 18.7. The number of aliphatic hydroxyl groups excluding tert-OH is 1. The summed E-state index contributed by atoms with van der Waals surface area (Å²) in [6, 6.07) is 3.90. The molecule has 0 aromatic carbocycles. The molecule has 4 saturated carbocycles. The van der Waals surface area contributed by atoms with E-state index in [9.17, 15) is 9.90 Å². The van der Waals surface area contributed by atoms with Crippen LogP contribution in [0.4, 0.5) is 0 Å². The minimum absolute atomic E-state index is 0.0192. The van der Waals surface area contributed by atoms with E-state index >= 15 is 0 Å². The average Bonchev–Trinajstić information content (AvgIpc) is 2.90. The highest BCUT2D eigenvalue weighted by atomic mass is 16.5. The van der Waals surface area contributed by atoms with Crippen molar-refractivity contribution in [1.29, 1.82) is 0 Å². The number of aromatic nitrogens is 1. The van der Waals surface area contributed by atoms with Crippen LogP contribution in [0.2, 0.25) is 0 Å². The zero-order valence-corrected chi connectivity index (χ0v) is 26.2. The number of pyridine rings is 1. The van der Waals surface area contributed by atoms with Gasteiger partial charge in [-0.25, -0.2) is 0 Å². The molecular formula is C36H53NO3. The Morgan fingerprint density at radius 3 is 2.45 bits per heavy atom. The first-order valence-corrected chi connectivity index (χ1v) is 16.1. The highest BCUT2D eigenvalue weighted by molar-refractivity contribution is 5.78. The summed E-state index contributed by atoms with van der Waals surface area (Å²) >= 11 is 0. The molecule has 4 heteroatoms. The van der Waals surface area contributed by atoms with Crippen molar-refractivity contribution >= 4 is 5.97 Å². The van der Waals surface area contributed by atoms with E-state index in [1.54, 1.807) is 18.0 Å². The molecule has 0 spiro atoms. The molecule has 0 aliphatic heterocycles. The fraction of sp³-hybridized carbons (Fsp3) is 0.778. The van der Waals surface area contributed by atoms with Gasteiger partial charge in [-0.3, -0.25) is 9.78 Å². The minimum atomic E-state index is -0.412. The van der Waals surface area contributed by atoms with E-state index in [0.29, 0.717) is 18.4 Å². The third-order valence-corrected chi connectivity index (χ3v) is 14.1. The molecule has 6 rings (SSSR count). The van der Waals surface area contributed by atoms with E-state index in [1.807, 2.05) is 12.1 Å². The van der Waals surface area contributed by atoms with Gasteiger partial charge in [0.1, 0.15) is 6.61 Å². The normalized spacial score (nSPS) is 45.1. The summed E-state index contributed by atoms with van der Waals surface area (Å²) in [6.45, 7) is 17.5. The molecular weight excluding hydrogens is 494 g/mol. The summed E-state index contributed by atoms with van der Waals surface area (Å²) in [5, 5.41) is 11.0. The number of esters is 1. The molecule has 1 heterocycles. The molecule has 0 saturated heterocycles. The lowest BCUT2D eigenvalue weighted by molar-refractivity contribution is -0.206. The van der Waals surface area contributed by atoms with Crippen molar-refractivity contribution < 1.29 is 14.6 Å². The molecule has 8 unspecified atom stereocenters. The number of allylic oxidation sites excluding steroid dienone is 2. The molecule has 1 N–H and O–H groups in total. The molecule has 1 aromatic heterocycles. The maximum atomic E-state index is 14.1. The second kappa shape index (κ2) is 9.16. The monoisotopic (exact) mass is 547 g/mol. The number of ether oxygens (including phenoxy) is 1. The van der Waals surface area contributed by atoms with E-state index in [4.69, 9.17) is 4.74 Å². The number of nitrogens with zero attached hydrogens (tertiary/aromatic N) is 1. The SMILES string of the molecule is CC1(C)CCC2(C(=O)OCc3cccnc3)CCC3(C)C(=CCC4C5(C)CCC(O)C(C)(C)C5CCC43C)C2C1. The van der Waals surface area contributed by atoms with Crippen molar-refractivity contribution in [3.05, 3.63) is 41.7 Å². The Morgan fingerprint density at radius 2 is 1.73 bits per heavy atom. The predicted octanol–water partition coefficient (Wildman–Crippen LogP) is 8.29. The van der Waals surface area contributed by atoms with E-state index in [0.717, 1.165) is 56.9 Å². The zero-order chi connectivity index (χ0) is 28.8. The third kappa shape index (κ3) is 3.86. The molecule has 220 valence electrons. The molecule has 8 atom stereocenters. The standard InChI is InChI=1S/C36H53NO3/c1-31(2)16-18-36(30(39)40-23-24-9-8-20-37-22-24)19-17-34(6)25(26(36)21-31)10-11-28-33(5)14-13-29(38)32(3,4)27(33)12-15-35(28,34)7/h8-10,20,22,26-29,38H,11-19,21,23H2,1-7H3. The number of rotatable bonds is 3. The molecule has 40 heavy (non-hydrogen) atoms. The Kier molecular flexibility index (Phi) is 6.51. The summed E-state index contributed by atoms with van der Waals surface area (Å²) in [5.41, 5.74) is 2.85. The second-order valence-electron chi connectivity index (χ2n) is 16.7. The quantitative estimate of drug-likeness (QED) is 0.305. The molecule has 4 fully saturated rings. The molecule has 5 aliphatic rings. The molecule has 5 aliphatic carbocycles. The van der Waals surface area contributed by atoms with E-state index in [2.05, 4.69) is 59.5 Å². The smallest absolute Gasteiger partial charge is 0.313 e. The van der Waals surface area contributed by atoms with Crippen LogP contribution in [-0.2, 0) is 16.1 Å². The number of fused-ring (bicyclic) bond motifs is 7. The number of carbonyl (C=O) groups is 1. The fourth-order valence-electron chi connectivity index (χ4n) is 11.4. The topological polar surface area (TPSA) is 59.4 Å². The minimum Gasteiger partial charge on any atom is -0.460 e. The largest absolute Gasteiger partial charge is 0.460 e. The van der Waals surface area contributed by atoms with Gasteiger partial charge in [-0.2, -0.15) is 0 Å². The summed E-state index contributed by atoms with van der Waals surface area (Å²) in [7, 11) is 0. The van der Waals surface area contributed by atoms with Gasteiger partial charge >= 0.3 is 5.97 Å². The maximum Gasteiger partial charge on any atom is 0.313 e. The summed E-state index contributed by atoms with van der Waals surface area (Å²) in [6.07, 6.45) is 16.6. The first kappa shape index (κ1) is 28.4. The second-order valence-corrected chi connectivity index (χ2v) is 16.7. The molecule has 4 nitrogen and oxygen atoms in total. The third-order valence-electron chi connectivity index (χ3n) is 14.1. The number of hydrogen-bond donors (Lipinski definition) is 1. The Hall–Kier alpha value is -1.68. The van der Waals surface area contributed by atoms with Gasteiger partial charge in [-0.15, -0.1) is 0 Å². The maximum absolute atomic E-state index is 14.1. The first-order valence-electron chi connectivity index (χ1n) is 16.1. The van der Waals surface area contributed by atoms with Gasteiger partial charge < -0.3 is 9.84 Å². The number of hydrogen-bond acceptors (Lipinski definition) is 4. The van der Waals surface area contributed by atoms with Crippen LogP contribution in [0.25, 0.3) is 0 Å². The Bertz CT molecular complexity index is 1190. The molecule has 1 aromatic rings. The van der Waals surface area contributed by atoms with Crippen LogP contribution >= 0.6 is 0 Å². The van der Waals surface area contributed by atoms with Crippen LogP contribution in [0.3, 0.4) is 0 Å². The fourth-order valence-corrected chi connectivity index (χ4v) is 11.4. The van der Waals surface area contributed by atoms with Crippen molar-refractivity contribution in [2.45, 2.75) is 125 Å². The Labute approximate surface area is 242 Å². The van der Waals surface area contributed by atoms with Crippen molar-refractivity contribution in [1.82, 2.24) is 4.98 Å². The van der Waals surface area contributed by atoms with E-state index in [1.165, 1.54) is 12.8 Å². The van der Waals surface area contributed by atoms with Crippen LogP contribution in [0.5, 0.6) is 0 Å². The van der Waals surface area contributed by atoms with Crippen LogP contribution in [0.15, 0.2) is 36.2 Å². The Morgan fingerprint density at radius 1 is 0.975 bits per heavy atom. The van der Waals surface area contributed by atoms with Crippen molar-refractivity contribution in [3.8, 4) is 0 Å². The lowest BCUT2D eigenvalue weighted by Crippen LogP contribution is -2.65. The van der Waals surface area contributed by atoms with Gasteiger partial charge in [0.2, 0.25) is 0 Å². The van der Waals surface area contributed by atoms with Crippen LogP contribution in [-0.4, -0.2) is 22.2 Å².